The van der Waals surface area contributed by atoms with Crippen LogP contribution in [0.1, 0.15) is 74.7 Å². The van der Waals surface area contributed by atoms with Gasteiger partial charge in [-0.2, -0.15) is 0 Å². The normalized spacial score (nSPS) is 17.6. The summed E-state index contributed by atoms with van der Waals surface area (Å²) in [5.41, 5.74) is -0.401. The zero-order chi connectivity index (χ0) is 17.6. The lowest BCUT2D eigenvalue weighted by atomic mass is 10.1. The lowest BCUT2D eigenvalue weighted by molar-refractivity contribution is 0.0525. The first kappa shape index (κ1) is 23.5. The van der Waals surface area contributed by atoms with Gasteiger partial charge in [0.25, 0.3) is 0 Å². The Hall–Kier alpha value is -0.770. The van der Waals surface area contributed by atoms with Crippen molar-refractivity contribution in [3.05, 3.63) is 0 Å². The van der Waals surface area contributed by atoms with Gasteiger partial charge in [-0.05, 0) is 51.9 Å². The average molecular weight is 318 g/mol. The second-order valence-electron chi connectivity index (χ2n) is 6.93. The van der Waals surface area contributed by atoms with Crippen molar-refractivity contribution < 1.29 is 14.3 Å². The van der Waals surface area contributed by atoms with Crippen molar-refractivity contribution in [2.45, 2.75) is 80.3 Å². The molecule has 0 aliphatic carbocycles. The molecule has 0 aromatic heterocycles. The van der Waals surface area contributed by atoms with Crippen molar-refractivity contribution in [1.82, 2.24) is 5.32 Å². The van der Waals surface area contributed by atoms with Crippen LogP contribution in [0.5, 0.6) is 0 Å². The van der Waals surface area contributed by atoms with Gasteiger partial charge in [0.1, 0.15) is 5.60 Å². The third-order valence-corrected chi connectivity index (χ3v) is 2.78. The first-order valence-corrected chi connectivity index (χ1v) is 8.75. The number of hydrogen-bond acceptors (Lipinski definition) is 3. The average Bonchev–Trinajstić information content (AvgIpc) is 2.40. The summed E-state index contributed by atoms with van der Waals surface area (Å²) in [4.78, 5) is 11.1. The molecule has 1 aliphatic heterocycles. The maximum absolute atomic E-state index is 11.1. The van der Waals surface area contributed by atoms with E-state index in [0.29, 0.717) is 12.5 Å². The molecule has 1 rings (SSSR count). The topological polar surface area (TPSA) is 47.6 Å². The van der Waals surface area contributed by atoms with Gasteiger partial charge in [0, 0.05) is 19.8 Å². The molecule has 1 unspecified atom stereocenters. The van der Waals surface area contributed by atoms with Crippen molar-refractivity contribution in [1.29, 1.82) is 0 Å². The molecule has 1 fully saturated rings. The third kappa shape index (κ3) is 19.2. The van der Waals surface area contributed by atoms with Crippen molar-refractivity contribution in [2.24, 2.45) is 11.8 Å². The van der Waals surface area contributed by atoms with E-state index in [9.17, 15) is 4.79 Å². The van der Waals surface area contributed by atoms with Crippen LogP contribution in [0.15, 0.2) is 0 Å². The summed E-state index contributed by atoms with van der Waals surface area (Å²) in [7, 11) is 0. The first-order chi connectivity index (χ1) is 10.2. The Morgan fingerprint density at radius 3 is 2.23 bits per heavy atom. The molecule has 134 valence electrons. The number of nitrogens with one attached hydrogen (secondary N) is 1. The summed E-state index contributed by atoms with van der Waals surface area (Å²) in [5, 5.41) is 2.71. The highest BCUT2D eigenvalue weighted by molar-refractivity contribution is 5.67. The molecule has 1 heterocycles. The van der Waals surface area contributed by atoms with Gasteiger partial charge in [0.05, 0.1) is 0 Å². The Bertz CT molecular complexity index is 254. The highest BCUT2D eigenvalue weighted by Gasteiger charge is 2.15. The molecule has 1 atom stereocenters. The molecule has 0 aromatic carbocycles. The lowest BCUT2D eigenvalue weighted by Gasteiger charge is -2.19. The van der Waals surface area contributed by atoms with Crippen LogP contribution >= 0.6 is 0 Å². The van der Waals surface area contributed by atoms with Gasteiger partial charge in [-0.1, -0.05) is 34.6 Å². The van der Waals surface area contributed by atoms with Gasteiger partial charge >= 0.3 is 6.09 Å². The molecular formula is C18H39NO3. The molecule has 0 saturated carbocycles. The maximum atomic E-state index is 11.1. The number of hydrogen-bond donors (Lipinski definition) is 1. The molecule has 0 aromatic rings. The van der Waals surface area contributed by atoms with Crippen molar-refractivity contribution in [3.8, 4) is 0 Å². The minimum atomic E-state index is -0.401. The highest BCUT2D eigenvalue weighted by Crippen LogP contribution is 2.10. The minimum Gasteiger partial charge on any atom is -0.444 e. The molecular weight excluding hydrogens is 278 g/mol. The van der Waals surface area contributed by atoms with Crippen molar-refractivity contribution in [3.63, 3.8) is 0 Å². The Morgan fingerprint density at radius 1 is 1.32 bits per heavy atom. The van der Waals surface area contributed by atoms with Gasteiger partial charge in [0.2, 0.25) is 0 Å². The van der Waals surface area contributed by atoms with Crippen LogP contribution in [0, 0.1) is 11.8 Å². The van der Waals surface area contributed by atoms with Crippen molar-refractivity contribution >= 4 is 6.09 Å². The smallest absolute Gasteiger partial charge is 0.407 e. The fraction of sp³-hybridized carbons (Fsp3) is 0.944. The van der Waals surface area contributed by atoms with Gasteiger partial charge in [0.15, 0.2) is 0 Å². The molecule has 22 heavy (non-hydrogen) atoms. The molecule has 0 radical (unpaired) electrons. The van der Waals surface area contributed by atoms with E-state index in [1.54, 1.807) is 0 Å². The van der Waals surface area contributed by atoms with E-state index in [2.05, 4.69) is 26.1 Å². The molecule has 4 heteroatoms. The number of carbonyl (C=O) groups excluding carboxylic acids is 1. The van der Waals surface area contributed by atoms with Crippen LogP contribution in [-0.4, -0.2) is 31.5 Å². The van der Waals surface area contributed by atoms with E-state index in [1.807, 2.05) is 34.6 Å². The first-order valence-electron chi connectivity index (χ1n) is 8.75. The van der Waals surface area contributed by atoms with E-state index in [0.717, 1.165) is 25.6 Å². The van der Waals surface area contributed by atoms with E-state index >= 15 is 0 Å². The highest BCUT2D eigenvalue weighted by atomic mass is 16.6. The monoisotopic (exact) mass is 317 g/mol. The molecule has 1 saturated heterocycles. The molecule has 1 aliphatic rings. The Kier molecular flexibility index (Phi) is 14.8. The number of amides is 1. The SMILES string of the molecule is CC.CC(C)CCNC(=O)OC(C)(C)C.CC1CCCOC1. The zero-order valence-electron chi connectivity index (χ0n) is 16.1. The van der Waals surface area contributed by atoms with E-state index in [1.165, 1.54) is 12.8 Å². The van der Waals surface area contributed by atoms with E-state index in [-0.39, 0.29) is 6.09 Å². The molecule has 1 N–H and O–H groups in total. The molecule has 0 spiro atoms. The van der Waals surface area contributed by atoms with Gasteiger partial charge in [-0.15, -0.1) is 0 Å². The second-order valence-corrected chi connectivity index (χ2v) is 6.93. The summed E-state index contributed by atoms with van der Waals surface area (Å²) < 4.78 is 10.3. The fourth-order valence-electron chi connectivity index (χ4n) is 1.68. The van der Waals surface area contributed by atoms with Crippen LogP contribution < -0.4 is 5.32 Å². The molecule has 4 nitrogen and oxygen atoms in total. The zero-order valence-corrected chi connectivity index (χ0v) is 16.1. The van der Waals surface area contributed by atoms with Crippen LogP contribution in [-0.2, 0) is 9.47 Å². The summed E-state index contributed by atoms with van der Waals surface area (Å²) in [6.45, 7) is 18.7. The predicted molar refractivity (Wildman–Crippen MR) is 94.3 cm³/mol. The van der Waals surface area contributed by atoms with Gasteiger partial charge in [-0.25, -0.2) is 4.79 Å². The number of rotatable bonds is 3. The Morgan fingerprint density at radius 2 is 1.91 bits per heavy atom. The van der Waals surface area contributed by atoms with Crippen LogP contribution in [0.25, 0.3) is 0 Å². The second kappa shape index (κ2) is 13.9. The largest absolute Gasteiger partial charge is 0.444 e. The van der Waals surface area contributed by atoms with Crippen LogP contribution in [0.2, 0.25) is 0 Å². The Labute approximate surface area is 138 Å². The standard InChI is InChI=1S/C10H21NO2.C6H12O.C2H6/c1-8(2)6-7-11-9(12)13-10(3,4)5;1-6-3-2-4-7-5-6;1-2/h8H,6-7H2,1-5H3,(H,11,12);6H,2-5H2,1H3;1-2H3. The number of alkyl carbamates (subject to hydrolysis) is 1. The van der Waals surface area contributed by atoms with E-state index in [4.69, 9.17) is 9.47 Å². The van der Waals surface area contributed by atoms with Crippen molar-refractivity contribution in [2.75, 3.05) is 19.8 Å². The summed E-state index contributed by atoms with van der Waals surface area (Å²) in [6.07, 6.45) is 3.29. The summed E-state index contributed by atoms with van der Waals surface area (Å²) in [6, 6.07) is 0. The number of ether oxygens (including phenoxy) is 2. The molecule has 0 bridgehead atoms. The summed E-state index contributed by atoms with van der Waals surface area (Å²) >= 11 is 0. The van der Waals surface area contributed by atoms with Gasteiger partial charge in [-0.3, -0.25) is 0 Å². The minimum absolute atomic E-state index is 0.326. The maximum Gasteiger partial charge on any atom is 0.407 e. The Balaban J connectivity index is 0. The number of carbonyl (C=O) groups is 1. The lowest BCUT2D eigenvalue weighted by Crippen LogP contribution is -2.33. The van der Waals surface area contributed by atoms with Gasteiger partial charge < -0.3 is 14.8 Å². The fourth-order valence-corrected chi connectivity index (χ4v) is 1.68. The van der Waals surface area contributed by atoms with Crippen LogP contribution in [0.3, 0.4) is 0 Å². The quantitative estimate of drug-likeness (QED) is 0.795. The third-order valence-electron chi connectivity index (χ3n) is 2.78. The van der Waals surface area contributed by atoms with E-state index < -0.39 is 5.60 Å². The summed E-state index contributed by atoms with van der Waals surface area (Å²) in [5.74, 6) is 1.42. The van der Waals surface area contributed by atoms with Crippen LogP contribution in [0.4, 0.5) is 4.79 Å². The predicted octanol–water partition coefficient (Wildman–Crippen LogP) is 5.02. The molecule has 1 amide bonds.